The summed E-state index contributed by atoms with van der Waals surface area (Å²) in [5, 5.41) is 0. The van der Waals surface area contributed by atoms with E-state index < -0.39 is 0 Å². The fraction of sp³-hybridized carbons (Fsp3) is 0.195. The predicted octanol–water partition coefficient (Wildman–Crippen LogP) is 10.3. The molecular weight excluding hydrogens is 552 g/mol. The SMILES string of the molecule is CN1C(=CC=CC=CC=CC2=[N+](C)c3ccc(Oc4ccccc4)cc3C2(C)C)C(C)(C)c2cc(Oc3ccccc3)ccc21. The number of benzene rings is 4. The highest BCUT2D eigenvalue weighted by Gasteiger charge is 2.43. The first-order valence-corrected chi connectivity index (χ1v) is 15.5. The van der Waals surface area contributed by atoms with E-state index in [9.17, 15) is 0 Å². The Kier molecular flexibility index (Phi) is 8.07. The minimum absolute atomic E-state index is 0.148. The molecule has 0 unspecified atom stereocenters. The molecule has 45 heavy (non-hydrogen) atoms. The van der Waals surface area contributed by atoms with Crippen molar-refractivity contribution in [2.45, 2.75) is 38.5 Å². The average molecular weight is 594 g/mol. The van der Waals surface area contributed by atoms with Gasteiger partial charge in [-0.05, 0) is 80.1 Å². The van der Waals surface area contributed by atoms with E-state index in [1.165, 1.54) is 33.9 Å². The van der Waals surface area contributed by atoms with Crippen LogP contribution in [-0.4, -0.2) is 24.4 Å². The van der Waals surface area contributed by atoms with Crippen LogP contribution in [0.4, 0.5) is 11.4 Å². The number of likely N-dealkylation sites (N-methyl/N-ethyl adjacent to an activating group) is 1. The molecule has 0 aliphatic carbocycles. The van der Waals surface area contributed by atoms with Gasteiger partial charge in [0.2, 0.25) is 5.69 Å². The van der Waals surface area contributed by atoms with E-state index in [0.29, 0.717) is 0 Å². The summed E-state index contributed by atoms with van der Waals surface area (Å²) in [6.07, 6.45) is 14.9. The van der Waals surface area contributed by atoms with Crippen LogP contribution in [0.2, 0.25) is 0 Å². The first-order chi connectivity index (χ1) is 21.7. The zero-order valence-corrected chi connectivity index (χ0v) is 27.0. The third-order valence-corrected chi connectivity index (χ3v) is 8.92. The van der Waals surface area contributed by atoms with Gasteiger partial charge in [-0.1, -0.05) is 80.6 Å². The second kappa shape index (κ2) is 12.1. The van der Waals surface area contributed by atoms with Gasteiger partial charge in [0.25, 0.3) is 0 Å². The smallest absolute Gasteiger partial charge is 0.209 e. The fourth-order valence-corrected chi connectivity index (χ4v) is 6.49. The van der Waals surface area contributed by atoms with Gasteiger partial charge < -0.3 is 14.4 Å². The number of hydrogen-bond donors (Lipinski definition) is 0. The Morgan fingerprint density at radius 1 is 0.600 bits per heavy atom. The van der Waals surface area contributed by atoms with Crippen molar-refractivity contribution in [3.8, 4) is 23.0 Å². The molecule has 0 amide bonds. The molecule has 0 bridgehead atoms. The number of allylic oxidation sites excluding steroid dienone is 8. The first-order valence-electron chi connectivity index (χ1n) is 15.5. The lowest BCUT2D eigenvalue weighted by Gasteiger charge is -2.23. The third kappa shape index (κ3) is 5.88. The van der Waals surface area contributed by atoms with Crippen molar-refractivity contribution < 1.29 is 14.0 Å². The van der Waals surface area contributed by atoms with Crippen LogP contribution >= 0.6 is 0 Å². The maximum Gasteiger partial charge on any atom is 0.209 e. The van der Waals surface area contributed by atoms with Gasteiger partial charge in [0.1, 0.15) is 30.0 Å². The molecule has 6 rings (SSSR count). The van der Waals surface area contributed by atoms with Gasteiger partial charge in [0.15, 0.2) is 5.71 Å². The second-order valence-corrected chi connectivity index (χ2v) is 12.6. The highest BCUT2D eigenvalue weighted by molar-refractivity contribution is 6.03. The summed E-state index contributed by atoms with van der Waals surface area (Å²) in [7, 11) is 4.27. The van der Waals surface area contributed by atoms with Crippen molar-refractivity contribution in [1.29, 1.82) is 0 Å². The van der Waals surface area contributed by atoms with Crippen LogP contribution in [0, 0.1) is 0 Å². The molecule has 226 valence electrons. The molecule has 2 heterocycles. The number of fused-ring (bicyclic) bond motifs is 2. The molecule has 0 spiro atoms. The molecule has 0 fully saturated rings. The lowest BCUT2D eigenvalue weighted by atomic mass is 9.81. The van der Waals surface area contributed by atoms with Crippen LogP contribution in [0.25, 0.3) is 0 Å². The van der Waals surface area contributed by atoms with Gasteiger partial charge in [0, 0.05) is 41.6 Å². The summed E-state index contributed by atoms with van der Waals surface area (Å²) in [5.41, 5.74) is 7.13. The van der Waals surface area contributed by atoms with E-state index in [1.807, 2.05) is 72.8 Å². The van der Waals surface area contributed by atoms with Crippen LogP contribution < -0.4 is 14.4 Å². The maximum absolute atomic E-state index is 6.13. The van der Waals surface area contributed by atoms with Crippen molar-refractivity contribution in [3.63, 3.8) is 0 Å². The van der Waals surface area contributed by atoms with Crippen LogP contribution in [0.3, 0.4) is 0 Å². The maximum atomic E-state index is 6.13. The molecule has 4 nitrogen and oxygen atoms in total. The Morgan fingerprint density at radius 2 is 1.16 bits per heavy atom. The van der Waals surface area contributed by atoms with E-state index >= 15 is 0 Å². The van der Waals surface area contributed by atoms with E-state index in [-0.39, 0.29) is 10.8 Å². The molecular formula is C41H41N2O2+. The number of rotatable bonds is 8. The average Bonchev–Trinajstić information content (AvgIpc) is 3.34. The topological polar surface area (TPSA) is 24.7 Å². The Morgan fingerprint density at radius 3 is 1.80 bits per heavy atom. The van der Waals surface area contributed by atoms with Gasteiger partial charge in [-0.3, -0.25) is 0 Å². The number of para-hydroxylation sites is 2. The lowest BCUT2D eigenvalue weighted by Crippen LogP contribution is -2.26. The Labute approximate surface area is 267 Å². The van der Waals surface area contributed by atoms with Gasteiger partial charge in [0.05, 0.1) is 5.41 Å². The lowest BCUT2D eigenvalue weighted by molar-refractivity contribution is -0.401. The first kappa shape index (κ1) is 30.0. The molecule has 0 N–H and O–H groups in total. The number of hydrogen-bond acceptors (Lipinski definition) is 3. The second-order valence-electron chi connectivity index (χ2n) is 12.6. The summed E-state index contributed by atoms with van der Waals surface area (Å²) in [6, 6.07) is 32.6. The molecule has 0 saturated heterocycles. The van der Waals surface area contributed by atoms with Crippen molar-refractivity contribution in [3.05, 3.63) is 156 Å². The van der Waals surface area contributed by atoms with E-state index in [2.05, 4.69) is 118 Å². The predicted molar refractivity (Wildman–Crippen MR) is 187 cm³/mol. The van der Waals surface area contributed by atoms with Crippen LogP contribution in [0.5, 0.6) is 23.0 Å². The van der Waals surface area contributed by atoms with Crippen LogP contribution in [-0.2, 0) is 10.8 Å². The standard InChI is InChI=1S/C41H41N2O2/c1-40(2)34-28-32(44-30-18-12-10-13-19-30)24-26-36(34)42(5)38(40)22-16-8-7-9-17-23-39-41(3,4)35-29-33(25-27-37(35)43(39)6)45-31-20-14-11-15-21-31/h7-29H,1-6H3/q+1. The van der Waals surface area contributed by atoms with Gasteiger partial charge in [-0.2, -0.15) is 4.58 Å². The summed E-state index contributed by atoms with van der Waals surface area (Å²) >= 11 is 0. The molecule has 4 aromatic carbocycles. The molecule has 2 aliphatic heterocycles. The summed E-state index contributed by atoms with van der Waals surface area (Å²) in [5.74, 6) is 3.39. The molecule has 0 aromatic heterocycles. The Balaban J connectivity index is 1.12. The molecule has 4 aromatic rings. The zero-order valence-electron chi connectivity index (χ0n) is 27.0. The number of ether oxygens (including phenoxy) is 2. The van der Waals surface area contributed by atoms with Crippen molar-refractivity contribution >= 4 is 17.1 Å². The molecule has 0 atom stereocenters. The summed E-state index contributed by atoms with van der Waals surface area (Å²) in [6.45, 7) is 9.08. The van der Waals surface area contributed by atoms with Crippen molar-refractivity contribution in [2.75, 3.05) is 19.0 Å². The highest BCUT2D eigenvalue weighted by Crippen LogP contribution is 2.48. The largest absolute Gasteiger partial charge is 0.457 e. The molecule has 4 heteroatoms. The molecule has 0 saturated carbocycles. The fourth-order valence-electron chi connectivity index (χ4n) is 6.49. The number of nitrogens with zero attached hydrogens (tertiary/aromatic N) is 2. The number of anilines is 1. The third-order valence-electron chi connectivity index (χ3n) is 8.92. The van der Waals surface area contributed by atoms with E-state index in [1.54, 1.807) is 0 Å². The Bertz CT molecular complexity index is 1860. The van der Waals surface area contributed by atoms with Gasteiger partial charge >= 0.3 is 0 Å². The molecule has 2 aliphatic rings. The molecule has 0 radical (unpaired) electrons. The van der Waals surface area contributed by atoms with Gasteiger partial charge in [-0.25, -0.2) is 0 Å². The van der Waals surface area contributed by atoms with Crippen LogP contribution in [0.1, 0.15) is 38.8 Å². The van der Waals surface area contributed by atoms with Crippen molar-refractivity contribution in [2.24, 2.45) is 0 Å². The highest BCUT2D eigenvalue weighted by atomic mass is 16.5. The monoisotopic (exact) mass is 593 g/mol. The van der Waals surface area contributed by atoms with Crippen LogP contribution in [0.15, 0.2) is 145 Å². The van der Waals surface area contributed by atoms with Gasteiger partial charge in [-0.15, -0.1) is 0 Å². The minimum Gasteiger partial charge on any atom is -0.457 e. The van der Waals surface area contributed by atoms with E-state index in [0.717, 1.165) is 23.0 Å². The normalized spacial score (nSPS) is 17.6. The van der Waals surface area contributed by atoms with E-state index in [4.69, 9.17) is 9.47 Å². The van der Waals surface area contributed by atoms with Crippen molar-refractivity contribution in [1.82, 2.24) is 0 Å². The quantitative estimate of drug-likeness (QED) is 0.150. The zero-order chi connectivity index (χ0) is 31.6. The summed E-state index contributed by atoms with van der Waals surface area (Å²) in [4.78, 5) is 2.28. The Hall–Kier alpha value is -5.09. The summed E-state index contributed by atoms with van der Waals surface area (Å²) < 4.78 is 14.5. The minimum atomic E-state index is -0.148.